The van der Waals surface area contributed by atoms with Gasteiger partial charge >= 0.3 is 30.2 Å². The molecule has 5 rings (SSSR count). The third-order valence-electron chi connectivity index (χ3n) is 11.7. The van der Waals surface area contributed by atoms with Gasteiger partial charge in [-0.25, -0.2) is 19.2 Å². The molecule has 4 aliphatic rings. The molecule has 4 N–H and O–H groups in total. The predicted octanol–water partition coefficient (Wildman–Crippen LogP) is 4.18. The summed E-state index contributed by atoms with van der Waals surface area (Å²) in [5, 5.41) is 36.1. The molecule has 1 aromatic rings. The van der Waals surface area contributed by atoms with E-state index in [0.29, 0.717) is 0 Å². The number of Topliss-reactive ketones (excluding diaryl/α,β-unsaturated/α-hetero) is 1. The lowest BCUT2D eigenvalue weighted by atomic mass is 9.52. The van der Waals surface area contributed by atoms with E-state index in [1.807, 2.05) is 0 Å². The maximum absolute atomic E-state index is 14.8. The Morgan fingerprint density at radius 3 is 2.28 bits per heavy atom. The van der Waals surface area contributed by atoms with E-state index in [-0.39, 0.29) is 46.8 Å². The average Bonchev–Trinajstić information content (AvgIpc) is 3.53. The fourth-order valence-electron chi connectivity index (χ4n) is 9.18. The van der Waals surface area contributed by atoms with Crippen LogP contribution in [0.15, 0.2) is 46.7 Å². The van der Waals surface area contributed by atoms with Crippen LogP contribution < -0.4 is 10.1 Å². The lowest BCUT2D eigenvalue weighted by molar-refractivity contribution is -0.295. The van der Waals surface area contributed by atoms with E-state index in [4.69, 9.17) is 37.9 Å². The molecule has 2 aliphatic heterocycles. The number of fused-ring (bicyclic) bond motifs is 1. The summed E-state index contributed by atoms with van der Waals surface area (Å²) in [5.41, 5.74) is -7.36. The number of ether oxygens (including phenoxy) is 8. The highest BCUT2D eigenvalue weighted by molar-refractivity contribution is 6.09. The van der Waals surface area contributed by atoms with Gasteiger partial charge in [0.15, 0.2) is 35.8 Å². The van der Waals surface area contributed by atoms with Crippen molar-refractivity contribution in [1.29, 1.82) is 0 Å². The molecule has 1 amide bonds. The molecule has 0 saturated carbocycles. The molecule has 18 nitrogen and oxygen atoms in total. The highest BCUT2D eigenvalue weighted by atomic mass is 16.8. The average molecular weight is 860 g/mol. The summed E-state index contributed by atoms with van der Waals surface area (Å²) in [6.45, 7) is 14.5. The van der Waals surface area contributed by atoms with Gasteiger partial charge in [-0.1, -0.05) is 33.8 Å². The molecule has 61 heavy (non-hydrogen) atoms. The van der Waals surface area contributed by atoms with Crippen LogP contribution >= 0.6 is 0 Å². The van der Waals surface area contributed by atoms with E-state index >= 15 is 0 Å². The molecule has 0 radical (unpaired) electrons. The van der Waals surface area contributed by atoms with Crippen molar-refractivity contribution < 1.29 is 82.0 Å². The summed E-state index contributed by atoms with van der Waals surface area (Å²) in [7, 11) is 1.39. The van der Waals surface area contributed by atoms with Gasteiger partial charge in [-0.15, -0.1) is 0 Å². The Kier molecular flexibility index (Phi) is 13.3. The van der Waals surface area contributed by atoms with Gasteiger partial charge in [0.2, 0.25) is 11.4 Å². The van der Waals surface area contributed by atoms with Crippen molar-refractivity contribution in [3.05, 3.63) is 52.3 Å². The smallest absolute Gasteiger partial charge is 0.504 e. The molecule has 2 aliphatic carbocycles. The Labute approximate surface area is 353 Å². The second-order valence-corrected chi connectivity index (χ2v) is 17.8. The van der Waals surface area contributed by atoms with Gasteiger partial charge in [-0.3, -0.25) is 9.59 Å². The number of ketones is 1. The Bertz CT molecular complexity index is 2000. The number of aliphatic hydroxyl groups is 3. The highest BCUT2D eigenvalue weighted by Gasteiger charge is 2.78. The standard InChI is InChI=1S/C43H57NO17/c1-20(2)17-26(44-38(52)60-40(6,7)8)31(48)37(51)56-33-22(4)28-32(49)30(47)21(3)29(42(59-23(5)46)19-55-27(42)15-16-45)34(43(41(28,9)10)35(33)58-39(53)61-43)57-36(50)24-13-12-14-25(18-24)54-11/h12-14,18,20,26-27,29,31,33-35,45,47-48H,15-17,19H2,1-11H3,(H,44,52)/b30-21+/t26-,27+,29+,31+,33+,34-,35-,42-,43-/m0/s1. The number of methoxy groups -OCH3 is 1. The van der Waals surface area contributed by atoms with Gasteiger partial charge in [-0.05, 0) is 76.3 Å². The molecule has 2 saturated heterocycles. The lowest BCUT2D eigenvalue weighted by Gasteiger charge is -2.60. The summed E-state index contributed by atoms with van der Waals surface area (Å²) in [6, 6.07) is 4.66. The number of allylic oxidation sites excluding steroid dienone is 1. The third kappa shape index (κ3) is 8.53. The summed E-state index contributed by atoms with van der Waals surface area (Å²) >= 11 is 0. The van der Waals surface area contributed by atoms with Gasteiger partial charge < -0.3 is 58.5 Å². The molecule has 0 aromatic heterocycles. The number of carbonyl (C=O) groups excluding carboxylic acids is 6. The molecule has 9 atom stereocenters. The second-order valence-electron chi connectivity index (χ2n) is 17.8. The van der Waals surface area contributed by atoms with Gasteiger partial charge in [0.05, 0.1) is 31.2 Å². The number of carbonyl (C=O) groups is 6. The molecule has 336 valence electrons. The van der Waals surface area contributed by atoms with Crippen LogP contribution in [0.25, 0.3) is 0 Å². The van der Waals surface area contributed by atoms with Gasteiger partial charge in [-0.2, -0.15) is 0 Å². The normalized spacial score (nSPS) is 30.3. The maximum atomic E-state index is 14.8. The minimum Gasteiger partial charge on any atom is -0.504 e. The van der Waals surface area contributed by atoms with Crippen LogP contribution in [0.1, 0.15) is 92.4 Å². The van der Waals surface area contributed by atoms with Crippen LogP contribution in [-0.2, 0) is 47.5 Å². The van der Waals surface area contributed by atoms with E-state index in [1.54, 1.807) is 40.7 Å². The van der Waals surface area contributed by atoms with Gasteiger partial charge in [0.1, 0.15) is 17.5 Å². The molecular weight excluding hydrogens is 802 g/mol. The van der Waals surface area contributed by atoms with Crippen LogP contribution in [0.4, 0.5) is 9.59 Å². The van der Waals surface area contributed by atoms with Crippen molar-refractivity contribution in [2.45, 2.75) is 135 Å². The number of hydrogen-bond acceptors (Lipinski definition) is 17. The zero-order chi connectivity index (χ0) is 45.6. The summed E-state index contributed by atoms with van der Waals surface area (Å²) < 4.78 is 47.1. The van der Waals surface area contributed by atoms with Crippen molar-refractivity contribution >= 4 is 35.9 Å². The van der Waals surface area contributed by atoms with Crippen LogP contribution in [0.2, 0.25) is 0 Å². The SMILES string of the molecule is COc1cccc(C(=O)O[C@H]2[C@H]([C@]3(OC(C)=O)CO[C@@H]3CCO)/C(C)=C(/O)C(=O)C3=C(C)[C@@H](OC(=O)[C@H](O)[C@H](CC(C)C)NC(=O)OC(C)(C)C)[C@@H]4OC(=O)O[C@]42C3(C)C)c1. The summed E-state index contributed by atoms with van der Waals surface area (Å²) in [6.07, 6.45) is -10.8. The zero-order valence-electron chi connectivity index (χ0n) is 36.3. The number of esters is 3. The van der Waals surface area contributed by atoms with Gasteiger partial charge in [0, 0.05) is 30.9 Å². The predicted molar refractivity (Wildman–Crippen MR) is 211 cm³/mol. The van der Waals surface area contributed by atoms with Crippen LogP contribution in [-0.4, -0.2) is 125 Å². The number of rotatable bonds is 13. The van der Waals surface area contributed by atoms with Crippen LogP contribution in [0, 0.1) is 17.3 Å². The molecule has 2 bridgehead atoms. The van der Waals surface area contributed by atoms with E-state index in [9.17, 15) is 44.1 Å². The Hall–Kier alpha value is -5.20. The number of hydrogen-bond donors (Lipinski definition) is 4. The Morgan fingerprint density at radius 2 is 1.72 bits per heavy atom. The largest absolute Gasteiger partial charge is 0.509 e. The Morgan fingerprint density at radius 1 is 1.05 bits per heavy atom. The number of benzene rings is 1. The fourth-order valence-corrected chi connectivity index (χ4v) is 9.18. The van der Waals surface area contributed by atoms with E-state index in [1.165, 1.54) is 53.0 Å². The lowest BCUT2D eigenvalue weighted by Crippen LogP contribution is -2.76. The van der Waals surface area contributed by atoms with Gasteiger partial charge in [0.25, 0.3) is 0 Å². The van der Waals surface area contributed by atoms with Crippen molar-refractivity contribution in [2.75, 3.05) is 20.3 Å². The fraction of sp³-hybridized carbons (Fsp3) is 0.628. The molecule has 1 aromatic carbocycles. The molecular formula is C43H57NO17. The first-order valence-corrected chi connectivity index (χ1v) is 20.1. The van der Waals surface area contributed by atoms with Crippen molar-refractivity contribution in [3.8, 4) is 5.75 Å². The second kappa shape index (κ2) is 17.3. The molecule has 0 unspecified atom stereocenters. The topological polar surface area (TPSA) is 249 Å². The van der Waals surface area contributed by atoms with E-state index < -0.39 is 120 Å². The van der Waals surface area contributed by atoms with Crippen molar-refractivity contribution in [3.63, 3.8) is 0 Å². The number of aliphatic hydroxyl groups excluding tert-OH is 3. The first-order valence-electron chi connectivity index (χ1n) is 20.1. The first-order chi connectivity index (χ1) is 28.4. The molecule has 2 heterocycles. The Balaban J connectivity index is 1.76. The van der Waals surface area contributed by atoms with Crippen LogP contribution in [0.3, 0.4) is 0 Å². The minimum absolute atomic E-state index is 0.00880. The molecule has 1 spiro atoms. The highest BCUT2D eigenvalue weighted by Crippen LogP contribution is 2.62. The third-order valence-corrected chi connectivity index (χ3v) is 11.7. The quantitative estimate of drug-likeness (QED) is 0.160. The zero-order valence-corrected chi connectivity index (χ0v) is 36.3. The summed E-state index contributed by atoms with van der Waals surface area (Å²) in [4.78, 5) is 83.0. The maximum Gasteiger partial charge on any atom is 0.509 e. The van der Waals surface area contributed by atoms with E-state index in [2.05, 4.69) is 5.32 Å². The monoisotopic (exact) mass is 859 g/mol. The molecule has 2 fully saturated rings. The minimum atomic E-state index is -2.36. The van der Waals surface area contributed by atoms with E-state index in [0.717, 1.165) is 6.92 Å². The number of nitrogens with one attached hydrogen (secondary N) is 1. The van der Waals surface area contributed by atoms with Crippen LogP contribution in [0.5, 0.6) is 5.75 Å². The first kappa shape index (κ1) is 46.9. The number of alkyl carbamates (subject to hydrolysis) is 1. The van der Waals surface area contributed by atoms with Crippen molar-refractivity contribution in [1.82, 2.24) is 5.32 Å². The number of amides is 1. The molecule has 18 heteroatoms. The van der Waals surface area contributed by atoms with Crippen molar-refractivity contribution in [2.24, 2.45) is 17.3 Å². The summed E-state index contributed by atoms with van der Waals surface area (Å²) in [5.74, 6) is -6.47.